The highest BCUT2D eigenvalue weighted by Gasteiger charge is 2.26. The molecular weight excluding hydrogens is 276 g/mol. The molecule has 0 aliphatic carbocycles. The van der Waals surface area contributed by atoms with Gasteiger partial charge in [-0.15, -0.1) is 0 Å². The van der Waals surface area contributed by atoms with Gasteiger partial charge in [0, 0.05) is 32.8 Å². The van der Waals surface area contributed by atoms with Gasteiger partial charge < -0.3 is 14.8 Å². The molecule has 3 nitrogen and oxygen atoms in total. The van der Waals surface area contributed by atoms with Gasteiger partial charge in [0.2, 0.25) is 0 Å². The number of piperidine rings is 1. The summed E-state index contributed by atoms with van der Waals surface area (Å²) in [6.07, 6.45) is 2.69. The minimum absolute atomic E-state index is 0.204. The zero-order chi connectivity index (χ0) is 15.1. The minimum atomic E-state index is -0.821. The molecule has 0 saturated carbocycles. The van der Waals surface area contributed by atoms with Gasteiger partial charge in [-0.2, -0.15) is 0 Å². The third-order valence-electron chi connectivity index (χ3n) is 3.83. The van der Waals surface area contributed by atoms with Crippen LogP contribution in [0.4, 0.5) is 8.78 Å². The lowest BCUT2D eigenvalue weighted by Gasteiger charge is -2.31. The Hall–Kier alpha value is -1.04. The van der Waals surface area contributed by atoms with E-state index < -0.39 is 11.6 Å². The Labute approximate surface area is 124 Å². The van der Waals surface area contributed by atoms with Gasteiger partial charge in [-0.25, -0.2) is 8.78 Å². The van der Waals surface area contributed by atoms with Crippen molar-refractivity contribution in [3.8, 4) is 0 Å². The van der Waals surface area contributed by atoms with E-state index in [1.165, 1.54) is 12.1 Å². The number of ether oxygens (including phenoxy) is 2. The second-order valence-corrected chi connectivity index (χ2v) is 5.42. The van der Waals surface area contributed by atoms with Crippen molar-refractivity contribution >= 4 is 0 Å². The summed E-state index contributed by atoms with van der Waals surface area (Å²) in [6, 6.07) is 4.05. The number of benzene rings is 1. The lowest BCUT2D eigenvalue weighted by atomic mass is 9.89. The largest absolute Gasteiger partial charge is 0.385 e. The molecule has 1 fully saturated rings. The zero-order valence-electron chi connectivity index (χ0n) is 12.4. The number of nitrogens with one attached hydrogen (secondary N) is 1. The van der Waals surface area contributed by atoms with Crippen molar-refractivity contribution in [1.29, 1.82) is 0 Å². The molecule has 1 aliphatic heterocycles. The fourth-order valence-corrected chi connectivity index (χ4v) is 2.74. The molecule has 0 radical (unpaired) electrons. The van der Waals surface area contributed by atoms with Crippen molar-refractivity contribution in [3.63, 3.8) is 0 Å². The Morgan fingerprint density at radius 2 is 2.14 bits per heavy atom. The molecule has 0 bridgehead atoms. The lowest BCUT2D eigenvalue weighted by Crippen LogP contribution is -2.34. The standard InChI is InChI=1S/C16H23F2NO2/c1-20-8-3-9-21-16(13-4-2-7-19-11-13)12-5-6-14(17)15(18)10-12/h5-6,10,13,16,19H,2-4,7-9,11H2,1H3/t13-,16+/m1/s1. The van der Waals surface area contributed by atoms with Crippen molar-refractivity contribution in [3.05, 3.63) is 35.4 Å². The van der Waals surface area contributed by atoms with Crippen LogP contribution in [0.25, 0.3) is 0 Å². The zero-order valence-corrected chi connectivity index (χ0v) is 12.4. The van der Waals surface area contributed by atoms with Gasteiger partial charge in [0.25, 0.3) is 0 Å². The van der Waals surface area contributed by atoms with Crippen molar-refractivity contribution in [2.24, 2.45) is 5.92 Å². The van der Waals surface area contributed by atoms with Gasteiger partial charge in [-0.05, 0) is 43.5 Å². The van der Waals surface area contributed by atoms with E-state index in [2.05, 4.69) is 5.32 Å². The third kappa shape index (κ3) is 4.73. The number of methoxy groups -OCH3 is 1. The Balaban J connectivity index is 2.07. The van der Waals surface area contributed by atoms with E-state index >= 15 is 0 Å². The van der Waals surface area contributed by atoms with E-state index in [1.54, 1.807) is 13.2 Å². The van der Waals surface area contributed by atoms with Crippen LogP contribution in [0.2, 0.25) is 0 Å². The summed E-state index contributed by atoms with van der Waals surface area (Å²) in [5.41, 5.74) is 0.708. The van der Waals surface area contributed by atoms with Crippen LogP contribution in [-0.4, -0.2) is 33.4 Å². The predicted octanol–water partition coefficient (Wildman–Crippen LogP) is 3.06. The van der Waals surface area contributed by atoms with E-state index in [-0.39, 0.29) is 12.0 Å². The molecule has 5 heteroatoms. The van der Waals surface area contributed by atoms with Gasteiger partial charge in [0.05, 0.1) is 6.10 Å². The lowest BCUT2D eigenvalue weighted by molar-refractivity contribution is -0.00523. The highest BCUT2D eigenvalue weighted by atomic mass is 19.2. The molecule has 1 N–H and O–H groups in total. The highest BCUT2D eigenvalue weighted by Crippen LogP contribution is 2.31. The average molecular weight is 299 g/mol. The average Bonchev–Trinajstić information content (AvgIpc) is 2.51. The summed E-state index contributed by atoms with van der Waals surface area (Å²) in [7, 11) is 1.65. The SMILES string of the molecule is COCCCO[C@@H](c1ccc(F)c(F)c1)[C@@H]1CCCNC1. The van der Waals surface area contributed by atoms with E-state index in [4.69, 9.17) is 9.47 Å². The number of hydrogen-bond acceptors (Lipinski definition) is 3. The van der Waals surface area contributed by atoms with Crippen LogP contribution in [-0.2, 0) is 9.47 Å². The van der Waals surface area contributed by atoms with E-state index in [1.807, 2.05) is 0 Å². The van der Waals surface area contributed by atoms with Crippen LogP contribution in [0.15, 0.2) is 18.2 Å². The molecule has 1 aromatic carbocycles. The summed E-state index contributed by atoms with van der Waals surface area (Å²) in [6.45, 7) is 3.03. The first-order valence-corrected chi connectivity index (χ1v) is 7.48. The quantitative estimate of drug-likeness (QED) is 0.785. The van der Waals surface area contributed by atoms with Crippen LogP contribution in [0, 0.1) is 17.6 Å². The first kappa shape index (κ1) is 16.3. The van der Waals surface area contributed by atoms with E-state index in [0.29, 0.717) is 18.8 Å². The number of rotatable bonds is 7. The normalized spacial score (nSPS) is 20.4. The maximum Gasteiger partial charge on any atom is 0.159 e. The molecule has 1 aromatic rings. The molecule has 1 heterocycles. The van der Waals surface area contributed by atoms with Gasteiger partial charge >= 0.3 is 0 Å². The van der Waals surface area contributed by atoms with Crippen LogP contribution < -0.4 is 5.32 Å². The van der Waals surface area contributed by atoms with Gasteiger partial charge in [-0.3, -0.25) is 0 Å². The molecule has 0 spiro atoms. The molecule has 2 rings (SSSR count). The Kier molecular flexibility index (Phi) is 6.54. The first-order chi connectivity index (χ1) is 10.2. The minimum Gasteiger partial charge on any atom is -0.385 e. The molecule has 0 aromatic heterocycles. The summed E-state index contributed by atoms with van der Waals surface area (Å²) in [5, 5.41) is 3.34. The smallest absolute Gasteiger partial charge is 0.159 e. The van der Waals surface area contributed by atoms with Crippen LogP contribution in [0.3, 0.4) is 0 Å². The molecule has 2 atom stereocenters. The second-order valence-electron chi connectivity index (χ2n) is 5.42. The highest BCUT2D eigenvalue weighted by molar-refractivity contribution is 5.21. The van der Waals surface area contributed by atoms with Crippen LogP contribution >= 0.6 is 0 Å². The monoisotopic (exact) mass is 299 g/mol. The van der Waals surface area contributed by atoms with Gasteiger partial charge in [-0.1, -0.05) is 6.07 Å². The summed E-state index contributed by atoms with van der Waals surface area (Å²) < 4.78 is 37.6. The molecule has 0 amide bonds. The molecule has 1 saturated heterocycles. The second kappa shape index (κ2) is 8.41. The first-order valence-electron chi connectivity index (χ1n) is 7.48. The number of halogens is 2. The van der Waals surface area contributed by atoms with E-state index in [9.17, 15) is 8.78 Å². The fourth-order valence-electron chi connectivity index (χ4n) is 2.74. The third-order valence-corrected chi connectivity index (χ3v) is 3.83. The summed E-state index contributed by atoms with van der Waals surface area (Å²) in [5.74, 6) is -1.36. The van der Waals surface area contributed by atoms with E-state index in [0.717, 1.165) is 32.4 Å². The van der Waals surface area contributed by atoms with Gasteiger partial charge in [0.1, 0.15) is 0 Å². The maximum atomic E-state index is 13.5. The van der Waals surface area contributed by atoms with Crippen molar-refractivity contribution < 1.29 is 18.3 Å². The summed E-state index contributed by atoms with van der Waals surface area (Å²) in [4.78, 5) is 0. The molecule has 0 unspecified atom stereocenters. The van der Waals surface area contributed by atoms with Crippen LogP contribution in [0.5, 0.6) is 0 Å². The summed E-state index contributed by atoms with van der Waals surface area (Å²) >= 11 is 0. The Morgan fingerprint density at radius 1 is 1.29 bits per heavy atom. The Morgan fingerprint density at radius 3 is 2.81 bits per heavy atom. The van der Waals surface area contributed by atoms with Gasteiger partial charge in [0.15, 0.2) is 11.6 Å². The molecule has 118 valence electrons. The van der Waals surface area contributed by atoms with Crippen molar-refractivity contribution in [2.45, 2.75) is 25.4 Å². The van der Waals surface area contributed by atoms with Crippen molar-refractivity contribution in [1.82, 2.24) is 5.32 Å². The number of hydrogen-bond donors (Lipinski definition) is 1. The van der Waals surface area contributed by atoms with Crippen molar-refractivity contribution in [2.75, 3.05) is 33.4 Å². The maximum absolute atomic E-state index is 13.5. The predicted molar refractivity (Wildman–Crippen MR) is 77.1 cm³/mol. The Bertz CT molecular complexity index is 436. The fraction of sp³-hybridized carbons (Fsp3) is 0.625. The topological polar surface area (TPSA) is 30.5 Å². The molecule has 1 aliphatic rings. The molecular formula is C16H23F2NO2. The van der Waals surface area contributed by atoms with Crippen LogP contribution in [0.1, 0.15) is 30.9 Å². The molecule has 21 heavy (non-hydrogen) atoms.